The Morgan fingerprint density at radius 1 is 1.25 bits per heavy atom. The Labute approximate surface area is 138 Å². The van der Waals surface area contributed by atoms with Crippen LogP contribution in [0.1, 0.15) is 32.8 Å². The molecule has 2 aliphatic rings. The second kappa shape index (κ2) is 5.53. The summed E-state index contributed by atoms with van der Waals surface area (Å²) in [6.45, 7) is 6.32. The number of halogens is 3. The first kappa shape index (κ1) is 16.9. The monoisotopic (exact) mass is 343 g/mol. The van der Waals surface area contributed by atoms with Crippen LogP contribution in [-0.2, 0) is 10.9 Å². The van der Waals surface area contributed by atoms with Gasteiger partial charge in [0.25, 0.3) is 0 Å². The molecule has 1 aromatic heterocycles. The lowest BCUT2D eigenvalue weighted by molar-refractivity contribution is -0.137. The maximum absolute atomic E-state index is 12.9. The van der Waals surface area contributed by atoms with Crippen LogP contribution in [0.2, 0.25) is 0 Å². The number of hydrogen-bond donors (Lipinski definition) is 0. The number of rotatable bonds is 1. The summed E-state index contributed by atoms with van der Waals surface area (Å²) in [6.07, 6.45) is -2.86. The third-order valence-electron chi connectivity index (χ3n) is 4.24. The number of anilines is 1. The molecule has 3 heterocycles. The van der Waals surface area contributed by atoms with E-state index in [-0.39, 0.29) is 18.2 Å². The zero-order chi connectivity index (χ0) is 17.7. The molecule has 1 aromatic rings. The van der Waals surface area contributed by atoms with Crippen molar-refractivity contribution in [3.8, 4) is 0 Å². The molecule has 2 unspecified atom stereocenters. The van der Waals surface area contributed by atoms with Crippen molar-refractivity contribution in [3.63, 3.8) is 0 Å². The predicted octanol–water partition coefficient (Wildman–Crippen LogP) is 3.30. The van der Waals surface area contributed by atoms with Crippen LogP contribution in [0.5, 0.6) is 0 Å². The predicted molar refractivity (Wildman–Crippen MR) is 81.7 cm³/mol. The topological polar surface area (TPSA) is 45.7 Å². The molecule has 0 aromatic carbocycles. The van der Waals surface area contributed by atoms with E-state index in [1.807, 2.05) is 4.90 Å². The van der Waals surface area contributed by atoms with Crippen molar-refractivity contribution in [3.05, 3.63) is 23.9 Å². The summed E-state index contributed by atoms with van der Waals surface area (Å²) < 4.78 is 43.9. The Bertz CT molecular complexity index is 642. The largest absolute Gasteiger partial charge is 0.444 e. The number of amides is 1. The van der Waals surface area contributed by atoms with Crippen molar-refractivity contribution in [1.29, 1.82) is 0 Å². The van der Waals surface area contributed by atoms with Crippen molar-refractivity contribution >= 4 is 11.9 Å². The van der Waals surface area contributed by atoms with Crippen LogP contribution in [0.3, 0.4) is 0 Å². The van der Waals surface area contributed by atoms with E-state index in [4.69, 9.17) is 4.74 Å². The second-order valence-electron chi connectivity index (χ2n) is 7.23. The highest BCUT2D eigenvalue weighted by atomic mass is 19.4. The number of piperazine rings is 1. The van der Waals surface area contributed by atoms with Gasteiger partial charge in [0.05, 0.1) is 17.6 Å². The van der Waals surface area contributed by atoms with Gasteiger partial charge in [-0.2, -0.15) is 13.2 Å². The molecule has 2 saturated heterocycles. The molecular weight excluding hydrogens is 323 g/mol. The van der Waals surface area contributed by atoms with E-state index in [1.54, 1.807) is 25.7 Å². The molecule has 8 heteroatoms. The Hall–Kier alpha value is -1.99. The number of alkyl halides is 3. The van der Waals surface area contributed by atoms with Crippen LogP contribution in [0.4, 0.5) is 23.8 Å². The van der Waals surface area contributed by atoms with Gasteiger partial charge in [0.15, 0.2) is 0 Å². The van der Waals surface area contributed by atoms with Gasteiger partial charge in [-0.3, -0.25) is 0 Å². The summed E-state index contributed by atoms with van der Waals surface area (Å²) in [5, 5.41) is 0. The number of likely N-dealkylation sites (tertiary alicyclic amines) is 1. The Kier molecular flexibility index (Phi) is 3.88. The summed E-state index contributed by atoms with van der Waals surface area (Å²) in [7, 11) is 0. The molecule has 2 fully saturated rings. The number of nitrogens with zero attached hydrogens (tertiary/aromatic N) is 3. The van der Waals surface area contributed by atoms with Crippen molar-refractivity contribution < 1.29 is 22.7 Å². The number of aromatic nitrogens is 1. The Morgan fingerprint density at radius 3 is 2.50 bits per heavy atom. The van der Waals surface area contributed by atoms with Gasteiger partial charge in [-0.05, 0) is 39.3 Å². The molecule has 2 bridgehead atoms. The van der Waals surface area contributed by atoms with Gasteiger partial charge in [-0.1, -0.05) is 0 Å². The van der Waals surface area contributed by atoms with E-state index in [0.717, 1.165) is 18.6 Å². The molecule has 3 rings (SSSR count). The first-order chi connectivity index (χ1) is 11.0. The van der Waals surface area contributed by atoms with Crippen LogP contribution in [0.25, 0.3) is 0 Å². The molecule has 24 heavy (non-hydrogen) atoms. The SMILES string of the molecule is CC(C)(C)OC(=O)N1CC2CC1CN2c1cc(C(F)(F)F)ccn1. The van der Waals surface area contributed by atoms with E-state index in [2.05, 4.69) is 4.98 Å². The van der Waals surface area contributed by atoms with Crippen molar-refractivity contribution in [1.82, 2.24) is 9.88 Å². The first-order valence-electron chi connectivity index (χ1n) is 7.84. The highest BCUT2D eigenvalue weighted by Gasteiger charge is 2.47. The number of carbonyl (C=O) groups is 1. The van der Waals surface area contributed by atoms with E-state index in [1.165, 1.54) is 6.20 Å². The second-order valence-corrected chi connectivity index (χ2v) is 7.23. The third kappa shape index (κ3) is 3.27. The number of pyridine rings is 1. The maximum atomic E-state index is 12.9. The van der Waals surface area contributed by atoms with Gasteiger partial charge in [0.2, 0.25) is 0 Å². The van der Waals surface area contributed by atoms with Gasteiger partial charge in [0.1, 0.15) is 11.4 Å². The summed E-state index contributed by atoms with van der Waals surface area (Å²) in [4.78, 5) is 19.8. The highest BCUT2D eigenvalue weighted by molar-refractivity contribution is 5.70. The van der Waals surface area contributed by atoms with Crippen molar-refractivity contribution in [2.75, 3.05) is 18.0 Å². The quantitative estimate of drug-likeness (QED) is 0.785. The summed E-state index contributed by atoms with van der Waals surface area (Å²) in [5.41, 5.74) is -1.28. The average molecular weight is 343 g/mol. The van der Waals surface area contributed by atoms with Gasteiger partial charge in [0, 0.05) is 19.3 Å². The molecule has 5 nitrogen and oxygen atoms in total. The summed E-state index contributed by atoms with van der Waals surface area (Å²) >= 11 is 0. The normalized spacial score (nSPS) is 23.8. The molecule has 0 saturated carbocycles. The van der Waals surface area contributed by atoms with Crippen molar-refractivity contribution in [2.24, 2.45) is 0 Å². The zero-order valence-corrected chi connectivity index (χ0v) is 13.8. The minimum absolute atomic E-state index is 0.0292. The van der Waals surface area contributed by atoms with E-state index >= 15 is 0 Å². The first-order valence-corrected chi connectivity index (χ1v) is 7.84. The molecule has 2 atom stereocenters. The Balaban J connectivity index is 1.71. The van der Waals surface area contributed by atoms with Gasteiger partial charge >= 0.3 is 12.3 Å². The standard InChI is InChI=1S/C16H20F3N3O2/c1-15(2,3)24-14(23)22-9-11-7-12(22)8-21(11)13-6-10(4-5-20-13)16(17,18)19/h4-6,11-12H,7-9H2,1-3H3. The van der Waals surface area contributed by atoms with Gasteiger partial charge in [-0.15, -0.1) is 0 Å². The van der Waals surface area contributed by atoms with E-state index in [0.29, 0.717) is 18.9 Å². The van der Waals surface area contributed by atoms with Crippen molar-refractivity contribution in [2.45, 2.75) is 51.1 Å². The molecule has 0 aliphatic carbocycles. The zero-order valence-electron chi connectivity index (χ0n) is 13.8. The van der Waals surface area contributed by atoms with E-state index in [9.17, 15) is 18.0 Å². The maximum Gasteiger partial charge on any atom is 0.416 e. The number of fused-ring (bicyclic) bond motifs is 2. The lowest BCUT2D eigenvalue weighted by Crippen LogP contribution is -2.50. The van der Waals surface area contributed by atoms with Crippen LogP contribution in [0.15, 0.2) is 18.3 Å². The van der Waals surface area contributed by atoms with Gasteiger partial charge in [-0.25, -0.2) is 9.78 Å². The average Bonchev–Trinajstić information content (AvgIpc) is 3.04. The summed E-state index contributed by atoms with van der Waals surface area (Å²) in [6, 6.07) is 1.95. The van der Waals surface area contributed by atoms with Crippen LogP contribution in [-0.4, -0.2) is 46.8 Å². The molecule has 0 spiro atoms. The summed E-state index contributed by atoms with van der Waals surface area (Å²) in [5.74, 6) is 0.307. The lowest BCUT2D eigenvalue weighted by atomic mass is 10.2. The smallest absolute Gasteiger partial charge is 0.416 e. The fraction of sp³-hybridized carbons (Fsp3) is 0.625. The fourth-order valence-corrected chi connectivity index (χ4v) is 3.24. The molecule has 0 N–H and O–H groups in total. The minimum Gasteiger partial charge on any atom is -0.444 e. The minimum atomic E-state index is -4.39. The molecule has 1 amide bonds. The molecule has 0 radical (unpaired) electrons. The lowest BCUT2D eigenvalue weighted by Gasteiger charge is -2.35. The molecular formula is C16H20F3N3O2. The Morgan fingerprint density at radius 2 is 1.96 bits per heavy atom. The molecule has 2 aliphatic heterocycles. The number of hydrogen-bond acceptors (Lipinski definition) is 4. The van der Waals surface area contributed by atoms with Crippen LogP contribution < -0.4 is 4.90 Å². The molecule has 132 valence electrons. The fourth-order valence-electron chi connectivity index (χ4n) is 3.24. The van der Waals surface area contributed by atoms with E-state index < -0.39 is 17.3 Å². The number of carbonyl (C=O) groups excluding carboxylic acids is 1. The highest BCUT2D eigenvalue weighted by Crippen LogP contribution is 2.37. The van der Waals surface area contributed by atoms with Gasteiger partial charge < -0.3 is 14.5 Å². The van der Waals surface area contributed by atoms with Crippen LogP contribution >= 0.6 is 0 Å². The van der Waals surface area contributed by atoms with Crippen LogP contribution in [0, 0.1) is 0 Å². The third-order valence-corrected chi connectivity index (χ3v) is 4.24. The number of ether oxygens (including phenoxy) is 1.